The summed E-state index contributed by atoms with van der Waals surface area (Å²) in [6.07, 6.45) is 4.80. The van der Waals surface area contributed by atoms with Gasteiger partial charge in [0.25, 0.3) is 0 Å². The van der Waals surface area contributed by atoms with Gasteiger partial charge in [0.1, 0.15) is 0 Å². The molecule has 0 aliphatic carbocycles. The van der Waals surface area contributed by atoms with Gasteiger partial charge in [0.05, 0.1) is 27.7 Å². The van der Waals surface area contributed by atoms with Gasteiger partial charge < -0.3 is 4.90 Å². The Morgan fingerprint density at radius 1 is 1.24 bits per heavy atom. The molecule has 2 heterocycles. The number of carbonyl (C=O) groups is 1. The van der Waals surface area contributed by atoms with Gasteiger partial charge in [0.2, 0.25) is 5.91 Å². The summed E-state index contributed by atoms with van der Waals surface area (Å²) in [5.41, 5.74) is 1.94. The van der Waals surface area contributed by atoms with Crippen LogP contribution < -0.4 is 0 Å². The fraction of sp³-hybridized carbons (Fsp3) is 0.263. The van der Waals surface area contributed by atoms with E-state index in [1.807, 2.05) is 36.4 Å². The lowest BCUT2D eigenvalue weighted by molar-refractivity contribution is -0.131. The minimum absolute atomic E-state index is 0.0401. The average Bonchev–Trinajstić information content (AvgIpc) is 3.07. The normalized spacial score (nSPS) is 10.5. The maximum Gasteiger partial charge on any atom is 0.223 e. The predicted molar refractivity (Wildman–Crippen MR) is 97.8 cm³/mol. The van der Waals surface area contributed by atoms with Gasteiger partial charge in [-0.3, -0.25) is 9.78 Å². The molecule has 0 saturated carbocycles. The minimum atomic E-state index is 0.0401. The Balaban J connectivity index is 1.63. The molecule has 6 heteroatoms. The number of aromatic nitrogens is 2. The molecule has 0 fully saturated rings. The van der Waals surface area contributed by atoms with E-state index >= 15 is 0 Å². The van der Waals surface area contributed by atoms with Crippen LogP contribution in [0.2, 0.25) is 0 Å². The van der Waals surface area contributed by atoms with Crippen LogP contribution in [-0.2, 0) is 17.8 Å². The average molecular weight is 350 g/mol. The van der Waals surface area contributed by atoms with Crippen LogP contribution in [0.15, 0.2) is 48.8 Å². The molecule has 0 atom stereocenters. The zero-order chi connectivity index (χ0) is 17.5. The lowest BCUT2D eigenvalue weighted by Gasteiger charge is -2.21. The fourth-order valence-corrected chi connectivity index (χ4v) is 3.55. The maximum atomic E-state index is 12.6. The van der Waals surface area contributed by atoms with Crippen molar-refractivity contribution < 1.29 is 4.79 Å². The molecular formula is C19H18N4OS. The van der Waals surface area contributed by atoms with Crippen molar-refractivity contribution in [2.24, 2.45) is 0 Å². The number of pyridine rings is 1. The fourth-order valence-electron chi connectivity index (χ4n) is 2.59. The Morgan fingerprint density at radius 2 is 2.12 bits per heavy atom. The van der Waals surface area contributed by atoms with Crippen LogP contribution >= 0.6 is 11.3 Å². The summed E-state index contributed by atoms with van der Waals surface area (Å²) in [7, 11) is 0. The third-order valence-corrected chi connectivity index (χ3v) is 4.93. The first-order chi connectivity index (χ1) is 12.3. The molecule has 25 heavy (non-hydrogen) atoms. The number of nitriles is 1. The highest BCUT2D eigenvalue weighted by molar-refractivity contribution is 7.18. The number of aryl methyl sites for hydroxylation is 1. The second-order valence-corrected chi connectivity index (χ2v) is 6.78. The lowest BCUT2D eigenvalue weighted by atomic mass is 10.2. The second-order valence-electron chi connectivity index (χ2n) is 5.66. The summed E-state index contributed by atoms with van der Waals surface area (Å²) in [5.74, 6) is 0.0401. The number of fused-ring (bicyclic) bond motifs is 1. The van der Waals surface area contributed by atoms with Gasteiger partial charge in [-0.25, -0.2) is 4.98 Å². The summed E-state index contributed by atoms with van der Waals surface area (Å²) >= 11 is 1.63. The highest BCUT2D eigenvalue weighted by Gasteiger charge is 2.15. The largest absolute Gasteiger partial charge is 0.337 e. The molecule has 0 unspecified atom stereocenters. The Kier molecular flexibility index (Phi) is 5.70. The first-order valence-electron chi connectivity index (χ1n) is 8.14. The Morgan fingerprint density at radius 3 is 2.88 bits per heavy atom. The standard InChI is InChI=1S/C19H18N4OS/c20-10-4-12-23(14-15-5-3-11-21-13-15)19(24)9-8-18-22-16-6-1-2-7-17(16)25-18/h1-3,5-7,11,13H,4,8-9,12,14H2. The molecule has 0 N–H and O–H groups in total. The Labute approximate surface area is 150 Å². The van der Waals surface area contributed by atoms with Crippen molar-refractivity contribution in [2.75, 3.05) is 6.54 Å². The van der Waals surface area contributed by atoms with E-state index in [0.29, 0.717) is 32.4 Å². The highest BCUT2D eigenvalue weighted by Crippen LogP contribution is 2.22. The van der Waals surface area contributed by atoms with Crippen molar-refractivity contribution >= 4 is 27.5 Å². The van der Waals surface area contributed by atoms with Crippen molar-refractivity contribution in [3.05, 3.63) is 59.4 Å². The van der Waals surface area contributed by atoms with E-state index < -0.39 is 0 Å². The van der Waals surface area contributed by atoms with Crippen LogP contribution in [0, 0.1) is 11.3 Å². The van der Waals surface area contributed by atoms with Gasteiger partial charge in [-0.05, 0) is 23.8 Å². The molecule has 5 nitrogen and oxygen atoms in total. The first kappa shape index (κ1) is 17.1. The van der Waals surface area contributed by atoms with E-state index in [0.717, 1.165) is 20.8 Å². The van der Waals surface area contributed by atoms with E-state index in [4.69, 9.17) is 5.26 Å². The van der Waals surface area contributed by atoms with E-state index in [2.05, 4.69) is 16.0 Å². The van der Waals surface area contributed by atoms with E-state index in [1.54, 1.807) is 28.6 Å². The molecule has 0 aliphatic rings. The number of carbonyl (C=O) groups excluding carboxylic acids is 1. The van der Waals surface area contributed by atoms with Gasteiger partial charge in [0, 0.05) is 38.3 Å². The Hall–Kier alpha value is -2.78. The zero-order valence-corrected chi connectivity index (χ0v) is 14.6. The van der Waals surface area contributed by atoms with Crippen LogP contribution in [0.5, 0.6) is 0 Å². The summed E-state index contributed by atoms with van der Waals surface area (Å²) in [6, 6.07) is 13.9. The summed E-state index contributed by atoms with van der Waals surface area (Å²) in [4.78, 5) is 23.0. The third kappa shape index (κ3) is 4.61. The van der Waals surface area contributed by atoms with Crippen LogP contribution in [0.25, 0.3) is 10.2 Å². The van der Waals surface area contributed by atoms with Gasteiger partial charge in [-0.2, -0.15) is 5.26 Å². The zero-order valence-electron chi connectivity index (χ0n) is 13.8. The quantitative estimate of drug-likeness (QED) is 0.653. The predicted octanol–water partition coefficient (Wildman–Crippen LogP) is 3.57. The number of amides is 1. The van der Waals surface area contributed by atoms with Gasteiger partial charge in [0.15, 0.2) is 0 Å². The maximum absolute atomic E-state index is 12.6. The monoisotopic (exact) mass is 350 g/mol. The molecule has 0 saturated heterocycles. The summed E-state index contributed by atoms with van der Waals surface area (Å²) in [6.45, 7) is 0.915. The van der Waals surface area contributed by atoms with Crippen molar-refractivity contribution in [1.82, 2.24) is 14.9 Å². The molecule has 126 valence electrons. The number of nitrogens with zero attached hydrogens (tertiary/aromatic N) is 4. The molecule has 1 amide bonds. The molecule has 3 rings (SSSR count). The molecular weight excluding hydrogens is 332 g/mol. The van der Waals surface area contributed by atoms with Crippen molar-refractivity contribution in [2.45, 2.75) is 25.8 Å². The van der Waals surface area contributed by atoms with Crippen molar-refractivity contribution in [3.63, 3.8) is 0 Å². The van der Waals surface area contributed by atoms with Crippen molar-refractivity contribution in [1.29, 1.82) is 5.26 Å². The van der Waals surface area contributed by atoms with Gasteiger partial charge in [-0.1, -0.05) is 18.2 Å². The number of hydrogen-bond donors (Lipinski definition) is 0. The number of hydrogen-bond acceptors (Lipinski definition) is 5. The smallest absolute Gasteiger partial charge is 0.223 e. The number of benzene rings is 1. The lowest BCUT2D eigenvalue weighted by Crippen LogP contribution is -2.31. The first-order valence-corrected chi connectivity index (χ1v) is 8.96. The van der Waals surface area contributed by atoms with Crippen LogP contribution in [0.1, 0.15) is 23.4 Å². The minimum Gasteiger partial charge on any atom is -0.337 e. The van der Waals surface area contributed by atoms with E-state index in [-0.39, 0.29) is 5.91 Å². The van der Waals surface area contributed by atoms with E-state index in [1.165, 1.54) is 0 Å². The molecule has 0 spiro atoms. The van der Waals surface area contributed by atoms with Crippen LogP contribution in [0.4, 0.5) is 0 Å². The number of thiazole rings is 1. The Bertz CT molecular complexity index is 852. The summed E-state index contributed by atoms with van der Waals surface area (Å²) in [5, 5.41) is 9.81. The molecule has 0 bridgehead atoms. The van der Waals surface area contributed by atoms with Crippen LogP contribution in [-0.4, -0.2) is 27.3 Å². The number of rotatable bonds is 7. The third-order valence-electron chi connectivity index (χ3n) is 3.83. The van der Waals surface area contributed by atoms with Gasteiger partial charge in [-0.15, -0.1) is 11.3 Å². The molecule has 3 aromatic rings. The van der Waals surface area contributed by atoms with Crippen LogP contribution in [0.3, 0.4) is 0 Å². The molecule has 2 aromatic heterocycles. The van der Waals surface area contributed by atoms with E-state index in [9.17, 15) is 4.79 Å². The van der Waals surface area contributed by atoms with Gasteiger partial charge >= 0.3 is 0 Å². The summed E-state index contributed by atoms with van der Waals surface area (Å²) < 4.78 is 1.14. The second kappa shape index (κ2) is 8.36. The number of para-hydroxylation sites is 1. The molecule has 1 aromatic carbocycles. The SMILES string of the molecule is N#CCCN(Cc1cccnc1)C(=O)CCc1nc2ccccc2s1. The molecule has 0 aliphatic heterocycles. The van der Waals surface area contributed by atoms with Crippen molar-refractivity contribution in [3.8, 4) is 6.07 Å². The highest BCUT2D eigenvalue weighted by atomic mass is 32.1. The molecule has 0 radical (unpaired) electrons. The topological polar surface area (TPSA) is 69.9 Å².